The summed E-state index contributed by atoms with van der Waals surface area (Å²) in [6, 6.07) is 14.0. The molecule has 1 atom stereocenters. The Bertz CT molecular complexity index is 978. The second-order valence-corrected chi connectivity index (χ2v) is 10.8. The first-order valence-electron chi connectivity index (χ1n) is 11.9. The molecule has 5 nitrogen and oxygen atoms in total. The van der Waals surface area contributed by atoms with Crippen LogP contribution in [0.25, 0.3) is 0 Å². The Morgan fingerprint density at radius 3 is 2.29 bits per heavy atom. The minimum atomic E-state index is -0.190. The van der Waals surface area contributed by atoms with Crippen LogP contribution in [0.2, 0.25) is 15.1 Å². The van der Waals surface area contributed by atoms with Crippen molar-refractivity contribution in [3.8, 4) is 0 Å². The molecular formula is C26H32Cl3N3O2. The van der Waals surface area contributed by atoms with E-state index in [-0.39, 0.29) is 18.2 Å². The molecule has 2 aliphatic heterocycles. The lowest BCUT2D eigenvalue weighted by atomic mass is 9.94. The summed E-state index contributed by atoms with van der Waals surface area (Å²) >= 11 is 18.9. The highest BCUT2D eigenvalue weighted by atomic mass is 35.5. The number of hydrogen-bond donors (Lipinski definition) is 0. The van der Waals surface area contributed by atoms with Crippen molar-refractivity contribution in [3.63, 3.8) is 0 Å². The maximum atomic E-state index is 12.2. The zero-order chi connectivity index (χ0) is 24.2. The predicted octanol–water partition coefficient (Wildman–Crippen LogP) is 6.77. The number of rotatable bonds is 5. The fraction of sp³-hybridized carbons (Fsp3) is 0.500. The van der Waals surface area contributed by atoms with E-state index in [0.717, 1.165) is 62.8 Å². The van der Waals surface area contributed by atoms with Crippen molar-refractivity contribution in [1.82, 2.24) is 9.80 Å². The van der Waals surface area contributed by atoms with Crippen LogP contribution >= 0.6 is 34.8 Å². The molecule has 2 saturated heterocycles. The lowest BCUT2D eigenvalue weighted by Gasteiger charge is -2.45. The van der Waals surface area contributed by atoms with Crippen LogP contribution in [0.4, 0.5) is 10.5 Å². The van der Waals surface area contributed by atoms with Crippen molar-refractivity contribution in [2.45, 2.75) is 38.8 Å². The smallest absolute Gasteiger partial charge is 0.410 e. The number of likely N-dealkylation sites (tertiary alicyclic amines) is 1. The van der Waals surface area contributed by atoms with Crippen LogP contribution in [0.15, 0.2) is 42.5 Å². The Morgan fingerprint density at radius 1 is 0.971 bits per heavy atom. The number of hydrogen-bond acceptors (Lipinski definition) is 4. The van der Waals surface area contributed by atoms with Crippen molar-refractivity contribution in [2.75, 3.05) is 44.2 Å². The average molecular weight is 525 g/mol. The first-order valence-corrected chi connectivity index (χ1v) is 13.1. The molecular weight excluding hydrogens is 493 g/mol. The van der Waals surface area contributed by atoms with Crippen molar-refractivity contribution in [2.24, 2.45) is 5.92 Å². The predicted molar refractivity (Wildman–Crippen MR) is 140 cm³/mol. The minimum Gasteiger partial charge on any atom is -0.447 e. The number of piperidine rings is 1. The molecule has 0 bridgehead atoms. The molecule has 4 rings (SSSR count). The molecule has 0 radical (unpaired) electrons. The van der Waals surface area contributed by atoms with Gasteiger partial charge in [0.25, 0.3) is 0 Å². The maximum absolute atomic E-state index is 12.2. The number of carbonyl (C=O) groups is 1. The molecule has 1 amide bonds. The molecule has 2 fully saturated rings. The fourth-order valence-corrected chi connectivity index (χ4v) is 5.56. The summed E-state index contributed by atoms with van der Waals surface area (Å²) in [5, 5.41) is 2.04. The summed E-state index contributed by atoms with van der Waals surface area (Å²) in [4.78, 5) is 19.0. The van der Waals surface area contributed by atoms with Crippen LogP contribution in [-0.2, 0) is 4.74 Å². The number of amides is 1. The minimum absolute atomic E-state index is 0.0829. The monoisotopic (exact) mass is 523 g/mol. The number of carbonyl (C=O) groups excluding carboxylic acids is 1. The van der Waals surface area contributed by atoms with Gasteiger partial charge in [-0.05, 0) is 68.5 Å². The summed E-state index contributed by atoms with van der Waals surface area (Å²) in [7, 11) is 0. The summed E-state index contributed by atoms with van der Waals surface area (Å²) in [6.45, 7) is 9.05. The molecule has 0 spiro atoms. The lowest BCUT2D eigenvalue weighted by molar-refractivity contribution is 0.0607. The van der Waals surface area contributed by atoms with Crippen molar-refractivity contribution >= 4 is 46.6 Å². The van der Waals surface area contributed by atoms with Crippen LogP contribution in [0.5, 0.6) is 0 Å². The summed E-state index contributed by atoms with van der Waals surface area (Å²) in [6.07, 6.45) is 1.73. The first kappa shape index (κ1) is 25.4. The standard InChI is InChI=1S/C26H32Cl3N3O2/c1-18(2)34-26(33)31-11-9-19(10-12-31)16-30-13-14-32(24-8-7-22(28)15-23(24)29)25(17-30)20-3-5-21(27)6-4-20/h3-8,15,18-19,25H,9-14,16-17H2,1-2H3. The van der Waals surface area contributed by atoms with Gasteiger partial charge in [-0.1, -0.05) is 46.9 Å². The van der Waals surface area contributed by atoms with Crippen molar-refractivity contribution in [1.29, 1.82) is 0 Å². The Balaban J connectivity index is 1.43. The van der Waals surface area contributed by atoms with E-state index in [4.69, 9.17) is 39.5 Å². The van der Waals surface area contributed by atoms with E-state index in [1.807, 2.05) is 49.1 Å². The lowest BCUT2D eigenvalue weighted by Crippen LogP contribution is -2.51. The highest BCUT2D eigenvalue weighted by Crippen LogP contribution is 2.37. The summed E-state index contributed by atoms with van der Waals surface area (Å²) in [5.74, 6) is 0.569. The SMILES string of the molecule is CC(C)OC(=O)N1CCC(CN2CCN(c3ccc(Cl)cc3Cl)C(c3ccc(Cl)cc3)C2)CC1. The fourth-order valence-electron chi connectivity index (χ4n) is 4.92. The number of benzene rings is 2. The van der Waals surface area contributed by atoms with E-state index in [2.05, 4.69) is 21.9 Å². The first-order chi connectivity index (χ1) is 16.3. The average Bonchev–Trinajstić information content (AvgIpc) is 2.80. The van der Waals surface area contributed by atoms with Gasteiger partial charge < -0.3 is 14.5 Å². The van der Waals surface area contributed by atoms with E-state index >= 15 is 0 Å². The van der Waals surface area contributed by atoms with Crippen LogP contribution in [-0.4, -0.2) is 61.3 Å². The largest absolute Gasteiger partial charge is 0.447 e. The molecule has 34 heavy (non-hydrogen) atoms. The van der Waals surface area contributed by atoms with Gasteiger partial charge in [0.2, 0.25) is 0 Å². The third-order valence-corrected chi connectivity index (χ3v) is 7.45. The maximum Gasteiger partial charge on any atom is 0.410 e. The second kappa shape index (κ2) is 11.4. The number of anilines is 1. The van der Waals surface area contributed by atoms with Gasteiger partial charge in [-0.25, -0.2) is 4.79 Å². The Kier molecular flexibility index (Phi) is 8.52. The van der Waals surface area contributed by atoms with E-state index in [0.29, 0.717) is 16.0 Å². The van der Waals surface area contributed by atoms with Gasteiger partial charge in [0.15, 0.2) is 0 Å². The molecule has 1 unspecified atom stereocenters. The number of nitrogens with zero attached hydrogens (tertiary/aromatic N) is 3. The van der Waals surface area contributed by atoms with E-state index in [1.54, 1.807) is 0 Å². The third-order valence-electron chi connectivity index (χ3n) is 6.66. The van der Waals surface area contributed by atoms with E-state index < -0.39 is 0 Å². The molecule has 2 aliphatic rings. The summed E-state index contributed by atoms with van der Waals surface area (Å²) in [5.41, 5.74) is 2.22. The van der Waals surface area contributed by atoms with Crippen LogP contribution in [0.1, 0.15) is 38.3 Å². The zero-order valence-corrected chi connectivity index (χ0v) is 22.0. The van der Waals surface area contributed by atoms with Crippen molar-refractivity contribution in [3.05, 3.63) is 63.1 Å². The molecule has 2 aromatic carbocycles. The van der Waals surface area contributed by atoms with Gasteiger partial charge in [0.1, 0.15) is 0 Å². The normalized spacial score (nSPS) is 20.1. The number of piperazine rings is 1. The van der Waals surface area contributed by atoms with Gasteiger partial charge in [0, 0.05) is 49.3 Å². The molecule has 0 aromatic heterocycles. The van der Waals surface area contributed by atoms with Gasteiger partial charge in [-0.3, -0.25) is 4.90 Å². The summed E-state index contributed by atoms with van der Waals surface area (Å²) < 4.78 is 5.36. The van der Waals surface area contributed by atoms with Crippen LogP contribution in [0, 0.1) is 5.92 Å². The quantitative estimate of drug-likeness (QED) is 0.432. The number of ether oxygens (including phenoxy) is 1. The molecule has 8 heteroatoms. The molecule has 184 valence electrons. The molecule has 2 aromatic rings. The van der Waals surface area contributed by atoms with Gasteiger partial charge in [-0.15, -0.1) is 0 Å². The van der Waals surface area contributed by atoms with E-state index in [1.165, 1.54) is 5.56 Å². The molecule has 0 N–H and O–H groups in total. The van der Waals surface area contributed by atoms with Crippen LogP contribution < -0.4 is 4.90 Å². The van der Waals surface area contributed by atoms with Gasteiger partial charge in [-0.2, -0.15) is 0 Å². The van der Waals surface area contributed by atoms with Gasteiger partial charge in [0.05, 0.1) is 22.9 Å². The third kappa shape index (κ3) is 6.31. The highest BCUT2D eigenvalue weighted by Gasteiger charge is 2.32. The highest BCUT2D eigenvalue weighted by molar-refractivity contribution is 6.36. The van der Waals surface area contributed by atoms with E-state index in [9.17, 15) is 4.79 Å². The van der Waals surface area contributed by atoms with Crippen molar-refractivity contribution < 1.29 is 9.53 Å². The Morgan fingerprint density at radius 2 is 1.65 bits per heavy atom. The Hall–Kier alpha value is -1.66. The molecule has 0 aliphatic carbocycles. The molecule has 0 saturated carbocycles. The topological polar surface area (TPSA) is 36.0 Å². The second-order valence-electron chi connectivity index (χ2n) is 9.48. The number of halogens is 3. The Labute approximate surface area is 217 Å². The van der Waals surface area contributed by atoms with Crippen LogP contribution in [0.3, 0.4) is 0 Å². The van der Waals surface area contributed by atoms with Gasteiger partial charge >= 0.3 is 6.09 Å². The molecule has 2 heterocycles. The zero-order valence-electron chi connectivity index (χ0n) is 19.7.